The fourth-order valence-corrected chi connectivity index (χ4v) is 2.85. The first-order chi connectivity index (χ1) is 7.59. The van der Waals surface area contributed by atoms with Crippen LogP contribution in [0.4, 0.5) is 0 Å². The molecule has 1 unspecified atom stereocenters. The van der Waals surface area contributed by atoms with Crippen molar-refractivity contribution >= 4 is 23.3 Å². The average molecular weight is 256 g/mol. The number of nitriles is 1. The molecule has 0 aliphatic carbocycles. The van der Waals surface area contributed by atoms with E-state index in [-0.39, 0.29) is 0 Å². The molecule has 1 atom stereocenters. The van der Waals surface area contributed by atoms with Gasteiger partial charge in [-0.3, -0.25) is 0 Å². The molecule has 0 aliphatic heterocycles. The average Bonchev–Trinajstić information content (AvgIpc) is 2.70. The number of hydrogen-bond donors (Lipinski definition) is 1. The van der Waals surface area contributed by atoms with Crippen LogP contribution in [0, 0.1) is 18.3 Å². The molecule has 1 heterocycles. The highest BCUT2D eigenvalue weighted by Gasteiger charge is 2.20. The molecule has 0 bridgehead atoms. The second-order valence-corrected chi connectivity index (χ2v) is 5.77. The Balaban J connectivity index is 2.24. The van der Waals surface area contributed by atoms with Crippen molar-refractivity contribution in [3.63, 3.8) is 0 Å². The van der Waals surface area contributed by atoms with Crippen LogP contribution < -0.4 is 5.73 Å². The minimum absolute atomic E-state index is 0.655. The first kappa shape index (κ1) is 13.4. The predicted octanol–water partition coefficient (Wildman–Crippen LogP) is 2.35. The van der Waals surface area contributed by atoms with Gasteiger partial charge in [-0.25, -0.2) is 4.98 Å². The van der Waals surface area contributed by atoms with Crippen LogP contribution in [0.5, 0.6) is 0 Å². The van der Waals surface area contributed by atoms with Gasteiger partial charge < -0.3 is 5.73 Å². The Morgan fingerprint density at radius 3 is 2.88 bits per heavy atom. The van der Waals surface area contributed by atoms with Crippen LogP contribution in [-0.4, -0.2) is 20.6 Å². The summed E-state index contributed by atoms with van der Waals surface area (Å²) >= 11 is 3.11. The van der Waals surface area contributed by atoms with Crippen molar-refractivity contribution in [1.29, 1.82) is 5.26 Å². The third-order valence-corrected chi connectivity index (χ3v) is 4.37. The highest BCUT2D eigenvalue weighted by atomic mass is 32.2. The molecule has 2 N–H and O–H groups in total. The van der Waals surface area contributed by atoms with Gasteiger partial charge in [0.15, 0.2) is 4.34 Å². The molecule has 1 aromatic rings. The van der Waals surface area contributed by atoms with E-state index in [0.29, 0.717) is 6.42 Å². The van der Waals surface area contributed by atoms with E-state index in [9.17, 15) is 0 Å². The van der Waals surface area contributed by atoms with Crippen LogP contribution in [0.15, 0.2) is 4.34 Å². The summed E-state index contributed by atoms with van der Waals surface area (Å²) in [4.78, 5) is 4.26. The van der Waals surface area contributed by atoms with Crippen LogP contribution >= 0.6 is 23.3 Å². The van der Waals surface area contributed by atoms with Crippen molar-refractivity contribution in [2.75, 3.05) is 5.75 Å². The van der Waals surface area contributed by atoms with Gasteiger partial charge in [-0.15, -0.1) is 0 Å². The molecule has 0 aromatic carbocycles. The van der Waals surface area contributed by atoms with Crippen molar-refractivity contribution in [1.82, 2.24) is 9.36 Å². The van der Waals surface area contributed by atoms with E-state index in [1.54, 1.807) is 11.8 Å². The van der Waals surface area contributed by atoms with Gasteiger partial charge in [-0.2, -0.15) is 9.64 Å². The van der Waals surface area contributed by atoms with Gasteiger partial charge in [-0.05, 0) is 37.7 Å². The van der Waals surface area contributed by atoms with Crippen molar-refractivity contribution in [3.05, 3.63) is 5.82 Å². The smallest absolute Gasteiger partial charge is 0.170 e. The zero-order valence-corrected chi connectivity index (χ0v) is 11.2. The van der Waals surface area contributed by atoms with Crippen LogP contribution in [0.1, 0.15) is 32.0 Å². The topological polar surface area (TPSA) is 75.6 Å². The molecule has 1 rings (SSSR count). The highest BCUT2D eigenvalue weighted by molar-refractivity contribution is 8.00. The Bertz CT molecular complexity index is 371. The third kappa shape index (κ3) is 4.08. The minimum atomic E-state index is -0.655. The van der Waals surface area contributed by atoms with E-state index in [1.165, 1.54) is 11.5 Å². The lowest BCUT2D eigenvalue weighted by Gasteiger charge is -2.18. The van der Waals surface area contributed by atoms with Crippen LogP contribution in [0.25, 0.3) is 0 Å². The molecule has 16 heavy (non-hydrogen) atoms. The number of nitrogens with two attached hydrogens (primary N) is 1. The molecular formula is C10H16N4S2. The first-order valence-electron chi connectivity index (χ1n) is 5.23. The zero-order chi connectivity index (χ0) is 12.0. The molecule has 88 valence electrons. The zero-order valence-electron chi connectivity index (χ0n) is 9.56. The highest BCUT2D eigenvalue weighted by Crippen LogP contribution is 2.22. The molecule has 0 spiro atoms. The second kappa shape index (κ2) is 6.18. The largest absolute Gasteiger partial charge is 0.313 e. The van der Waals surface area contributed by atoms with E-state index in [0.717, 1.165) is 28.8 Å². The summed E-state index contributed by atoms with van der Waals surface area (Å²) in [5.41, 5.74) is 5.23. The quantitative estimate of drug-likeness (QED) is 0.624. The van der Waals surface area contributed by atoms with Crippen LogP contribution in [0.3, 0.4) is 0 Å². The number of aryl methyl sites for hydroxylation is 1. The number of nitrogens with zero attached hydrogens (tertiary/aromatic N) is 3. The molecule has 1 aromatic heterocycles. The molecule has 0 amide bonds. The van der Waals surface area contributed by atoms with Gasteiger partial charge in [0.2, 0.25) is 0 Å². The van der Waals surface area contributed by atoms with E-state index in [2.05, 4.69) is 15.4 Å². The predicted molar refractivity (Wildman–Crippen MR) is 67.4 cm³/mol. The number of thioether (sulfide) groups is 1. The lowest BCUT2D eigenvalue weighted by Crippen LogP contribution is -2.37. The Morgan fingerprint density at radius 1 is 1.62 bits per heavy atom. The molecule has 0 saturated heterocycles. The van der Waals surface area contributed by atoms with Crippen molar-refractivity contribution < 1.29 is 0 Å². The molecule has 4 nitrogen and oxygen atoms in total. The van der Waals surface area contributed by atoms with Crippen molar-refractivity contribution in [2.24, 2.45) is 5.73 Å². The first-order valence-corrected chi connectivity index (χ1v) is 6.99. The summed E-state index contributed by atoms with van der Waals surface area (Å²) in [6, 6.07) is 2.17. The number of rotatable bonds is 6. The number of hydrogen-bond acceptors (Lipinski definition) is 6. The van der Waals surface area contributed by atoms with E-state index < -0.39 is 5.54 Å². The second-order valence-electron chi connectivity index (χ2n) is 3.68. The lowest BCUT2D eigenvalue weighted by molar-refractivity contribution is 0.478. The molecular weight excluding hydrogens is 240 g/mol. The van der Waals surface area contributed by atoms with Crippen LogP contribution in [0.2, 0.25) is 0 Å². The lowest BCUT2D eigenvalue weighted by atomic mass is 9.94. The SMILES string of the molecule is CCC(N)(C#N)CCCSc1nc(C)ns1. The van der Waals surface area contributed by atoms with E-state index in [4.69, 9.17) is 11.0 Å². The van der Waals surface area contributed by atoms with Gasteiger partial charge in [0, 0.05) is 5.75 Å². The monoisotopic (exact) mass is 256 g/mol. The van der Waals surface area contributed by atoms with Gasteiger partial charge in [-0.1, -0.05) is 18.7 Å². The molecule has 0 saturated carbocycles. The maximum Gasteiger partial charge on any atom is 0.170 e. The molecule has 0 fully saturated rings. The molecule has 0 aliphatic rings. The third-order valence-electron chi connectivity index (χ3n) is 2.36. The molecule has 6 heteroatoms. The minimum Gasteiger partial charge on any atom is -0.313 e. The summed E-state index contributed by atoms with van der Waals surface area (Å²) in [5.74, 6) is 1.76. The van der Waals surface area contributed by atoms with E-state index >= 15 is 0 Å². The summed E-state index contributed by atoms with van der Waals surface area (Å²) < 4.78 is 5.10. The van der Waals surface area contributed by atoms with Gasteiger partial charge >= 0.3 is 0 Å². The summed E-state index contributed by atoms with van der Waals surface area (Å²) in [5, 5.41) is 8.90. The Morgan fingerprint density at radius 2 is 2.38 bits per heavy atom. The Hall–Kier alpha value is -0.640. The Labute approximate surface area is 104 Å². The van der Waals surface area contributed by atoms with Gasteiger partial charge in [0.25, 0.3) is 0 Å². The van der Waals surface area contributed by atoms with Gasteiger partial charge in [0.1, 0.15) is 11.4 Å². The number of aromatic nitrogens is 2. The van der Waals surface area contributed by atoms with Crippen molar-refractivity contribution in [2.45, 2.75) is 43.0 Å². The normalized spacial score (nSPS) is 14.4. The maximum atomic E-state index is 8.90. The summed E-state index contributed by atoms with van der Waals surface area (Å²) in [6.07, 6.45) is 2.37. The Kier molecular flexibility index (Phi) is 5.19. The van der Waals surface area contributed by atoms with Crippen molar-refractivity contribution in [3.8, 4) is 6.07 Å². The maximum absolute atomic E-state index is 8.90. The summed E-state index contributed by atoms with van der Waals surface area (Å²) in [6.45, 7) is 3.84. The fraction of sp³-hybridized carbons (Fsp3) is 0.700. The fourth-order valence-electron chi connectivity index (χ4n) is 1.20. The standard InChI is InChI=1S/C10H16N4S2/c1-3-10(12,7-11)5-4-6-15-9-13-8(2)14-16-9/h3-6,12H2,1-2H3. The van der Waals surface area contributed by atoms with Crippen LogP contribution in [-0.2, 0) is 0 Å². The molecule has 0 radical (unpaired) electrons. The van der Waals surface area contributed by atoms with Gasteiger partial charge in [0.05, 0.1) is 6.07 Å². The summed E-state index contributed by atoms with van der Waals surface area (Å²) in [7, 11) is 0. The van der Waals surface area contributed by atoms with E-state index in [1.807, 2.05) is 13.8 Å².